The third-order valence-corrected chi connectivity index (χ3v) is 0.940. The normalized spacial score (nSPS) is 9.64. The van der Waals surface area contributed by atoms with Crippen molar-refractivity contribution in [2.24, 2.45) is 5.84 Å². The summed E-state index contributed by atoms with van der Waals surface area (Å²) in [6.45, 7) is 3.36. The molecule has 1 rings (SSSR count). The summed E-state index contributed by atoms with van der Waals surface area (Å²) < 4.78 is 0. The van der Waals surface area contributed by atoms with Gasteiger partial charge in [-0.05, 0) is 5.21 Å². The standard InChI is InChI=1S/C4H7N6O/c1-3-7-9-10(8-3)2-4(11)6-5/h1-2,5H2,(H,6,11). The van der Waals surface area contributed by atoms with E-state index in [1.165, 1.54) is 0 Å². The zero-order valence-corrected chi connectivity index (χ0v) is 5.69. The molecule has 0 aliphatic rings. The van der Waals surface area contributed by atoms with E-state index in [2.05, 4.69) is 22.3 Å². The van der Waals surface area contributed by atoms with Crippen LogP contribution in [-0.4, -0.2) is 26.1 Å². The summed E-state index contributed by atoms with van der Waals surface area (Å²) in [5.41, 5.74) is 1.93. The van der Waals surface area contributed by atoms with Crippen LogP contribution < -0.4 is 11.3 Å². The van der Waals surface area contributed by atoms with Gasteiger partial charge in [0.25, 0.3) is 5.91 Å². The average Bonchev–Trinajstić information content (AvgIpc) is 2.35. The zero-order valence-electron chi connectivity index (χ0n) is 5.69. The van der Waals surface area contributed by atoms with E-state index in [-0.39, 0.29) is 18.3 Å². The Labute approximate surface area is 62.5 Å². The maximum absolute atomic E-state index is 10.6. The number of aromatic nitrogens is 4. The van der Waals surface area contributed by atoms with Gasteiger partial charge in [-0.2, -0.15) is 4.80 Å². The molecule has 7 heteroatoms. The van der Waals surface area contributed by atoms with E-state index < -0.39 is 0 Å². The van der Waals surface area contributed by atoms with Gasteiger partial charge in [-0.15, -0.1) is 10.2 Å². The Balaban J connectivity index is 2.57. The highest BCUT2D eigenvalue weighted by atomic mass is 16.2. The van der Waals surface area contributed by atoms with E-state index >= 15 is 0 Å². The lowest BCUT2D eigenvalue weighted by atomic mass is 10.6. The Morgan fingerprint density at radius 3 is 3.00 bits per heavy atom. The molecule has 0 fully saturated rings. The molecule has 0 bridgehead atoms. The lowest BCUT2D eigenvalue weighted by molar-refractivity contribution is -0.122. The lowest BCUT2D eigenvalue weighted by Crippen LogP contribution is -2.33. The Kier molecular flexibility index (Phi) is 2.12. The minimum atomic E-state index is -0.387. The summed E-state index contributed by atoms with van der Waals surface area (Å²) in [5, 5.41) is 10.6. The molecule has 59 valence electrons. The highest BCUT2D eigenvalue weighted by Gasteiger charge is 2.02. The van der Waals surface area contributed by atoms with Crippen LogP contribution in [0.15, 0.2) is 0 Å². The molecule has 0 spiro atoms. The van der Waals surface area contributed by atoms with Crippen LogP contribution in [0.3, 0.4) is 0 Å². The van der Waals surface area contributed by atoms with Gasteiger partial charge in [-0.1, -0.05) is 0 Å². The highest BCUT2D eigenvalue weighted by Crippen LogP contribution is 1.80. The van der Waals surface area contributed by atoms with E-state index in [0.29, 0.717) is 0 Å². The fourth-order valence-corrected chi connectivity index (χ4v) is 0.518. The number of hydrogen-bond acceptors (Lipinski definition) is 5. The monoisotopic (exact) mass is 155 g/mol. The topological polar surface area (TPSA) is 98.7 Å². The average molecular weight is 155 g/mol. The third-order valence-electron chi connectivity index (χ3n) is 0.940. The maximum Gasteiger partial charge on any atom is 0.257 e. The molecular weight excluding hydrogens is 148 g/mol. The molecular formula is C4H7N6O. The Morgan fingerprint density at radius 1 is 1.82 bits per heavy atom. The summed E-state index contributed by atoms with van der Waals surface area (Å²) in [7, 11) is 0. The first-order chi connectivity index (χ1) is 5.22. The number of carbonyl (C=O) groups excluding carboxylic acids is 1. The molecule has 11 heavy (non-hydrogen) atoms. The molecule has 1 amide bonds. The predicted octanol–water partition coefficient (Wildman–Crippen LogP) is -2.15. The maximum atomic E-state index is 10.6. The summed E-state index contributed by atoms with van der Waals surface area (Å²) in [5.74, 6) is 4.71. The smallest absolute Gasteiger partial charge is 0.257 e. The number of tetrazole rings is 1. The van der Waals surface area contributed by atoms with Crippen molar-refractivity contribution in [1.82, 2.24) is 25.6 Å². The largest absolute Gasteiger partial charge is 0.293 e. The lowest BCUT2D eigenvalue weighted by Gasteiger charge is -1.94. The van der Waals surface area contributed by atoms with Crippen LogP contribution in [-0.2, 0) is 11.3 Å². The van der Waals surface area contributed by atoms with Crippen LogP contribution in [0, 0.1) is 6.92 Å². The number of nitrogens with two attached hydrogens (primary N) is 1. The molecule has 1 heterocycles. The molecule has 1 aromatic heterocycles. The summed E-state index contributed by atoms with van der Waals surface area (Å²) in [6.07, 6.45) is 0. The second kappa shape index (κ2) is 3.06. The molecule has 0 saturated heterocycles. The Hall–Kier alpha value is -1.50. The quantitative estimate of drug-likeness (QED) is 0.288. The number of nitrogens with zero attached hydrogens (tertiary/aromatic N) is 4. The van der Waals surface area contributed by atoms with Crippen molar-refractivity contribution in [2.75, 3.05) is 0 Å². The molecule has 1 aromatic rings. The van der Waals surface area contributed by atoms with E-state index in [1.807, 2.05) is 5.43 Å². The van der Waals surface area contributed by atoms with Gasteiger partial charge in [-0.3, -0.25) is 10.2 Å². The molecule has 1 radical (unpaired) electrons. The minimum Gasteiger partial charge on any atom is -0.293 e. The van der Waals surface area contributed by atoms with Gasteiger partial charge in [0, 0.05) is 6.92 Å². The number of hydrogen-bond donors (Lipinski definition) is 2. The van der Waals surface area contributed by atoms with Gasteiger partial charge in [0.15, 0.2) is 5.82 Å². The number of hydrazine groups is 1. The van der Waals surface area contributed by atoms with Gasteiger partial charge >= 0.3 is 0 Å². The predicted molar refractivity (Wildman–Crippen MR) is 34.6 cm³/mol. The Morgan fingerprint density at radius 2 is 2.55 bits per heavy atom. The first kappa shape index (κ1) is 7.61. The first-order valence-corrected chi connectivity index (χ1v) is 2.81. The second-order valence-corrected chi connectivity index (χ2v) is 1.80. The number of carbonyl (C=O) groups is 1. The van der Waals surface area contributed by atoms with Crippen LogP contribution in [0.5, 0.6) is 0 Å². The molecule has 0 aliphatic heterocycles. The van der Waals surface area contributed by atoms with Crippen molar-refractivity contribution >= 4 is 5.91 Å². The minimum absolute atomic E-state index is 0.0426. The van der Waals surface area contributed by atoms with Crippen LogP contribution in [0.25, 0.3) is 0 Å². The molecule has 0 aliphatic carbocycles. The van der Waals surface area contributed by atoms with Gasteiger partial charge < -0.3 is 0 Å². The van der Waals surface area contributed by atoms with Crippen molar-refractivity contribution in [2.45, 2.75) is 6.54 Å². The van der Waals surface area contributed by atoms with Crippen molar-refractivity contribution in [3.8, 4) is 0 Å². The van der Waals surface area contributed by atoms with Gasteiger partial charge in [0.05, 0.1) is 0 Å². The summed E-state index contributed by atoms with van der Waals surface area (Å²) in [4.78, 5) is 11.7. The fourth-order valence-electron chi connectivity index (χ4n) is 0.518. The van der Waals surface area contributed by atoms with Gasteiger partial charge in [0.1, 0.15) is 6.54 Å². The van der Waals surface area contributed by atoms with Gasteiger partial charge in [-0.25, -0.2) is 5.84 Å². The van der Waals surface area contributed by atoms with Crippen LogP contribution >= 0.6 is 0 Å². The van der Waals surface area contributed by atoms with E-state index in [9.17, 15) is 4.79 Å². The van der Waals surface area contributed by atoms with Crippen molar-refractivity contribution in [3.63, 3.8) is 0 Å². The number of nitrogens with one attached hydrogen (secondary N) is 1. The zero-order chi connectivity index (χ0) is 8.27. The summed E-state index contributed by atoms with van der Waals surface area (Å²) >= 11 is 0. The van der Waals surface area contributed by atoms with Crippen LogP contribution in [0.4, 0.5) is 0 Å². The van der Waals surface area contributed by atoms with Crippen molar-refractivity contribution in [1.29, 1.82) is 0 Å². The van der Waals surface area contributed by atoms with Crippen LogP contribution in [0.2, 0.25) is 0 Å². The van der Waals surface area contributed by atoms with Crippen LogP contribution in [0.1, 0.15) is 5.82 Å². The molecule has 0 aromatic carbocycles. The Bertz CT molecular complexity index is 255. The molecule has 3 N–H and O–H groups in total. The highest BCUT2D eigenvalue weighted by molar-refractivity contribution is 5.74. The molecule has 7 nitrogen and oxygen atoms in total. The summed E-state index contributed by atoms with van der Waals surface area (Å²) in [6, 6.07) is 0. The molecule has 0 unspecified atom stereocenters. The second-order valence-electron chi connectivity index (χ2n) is 1.80. The van der Waals surface area contributed by atoms with E-state index in [0.717, 1.165) is 4.80 Å². The molecule has 0 saturated carbocycles. The number of rotatable bonds is 2. The van der Waals surface area contributed by atoms with E-state index in [1.54, 1.807) is 0 Å². The number of amides is 1. The van der Waals surface area contributed by atoms with Crippen molar-refractivity contribution < 1.29 is 4.79 Å². The molecule has 0 atom stereocenters. The fraction of sp³-hybridized carbons (Fsp3) is 0.250. The third kappa shape index (κ3) is 1.97. The first-order valence-electron chi connectivity index (χ1n) is 2.81. The van der Waals surface area contributed by atoms with Gasteiger partial charge in [0.2, 0.25) is 0 Å². The van der Waals surface area contributed by atoms with Crippen molar-refractivity contribution in [3.05, 3.63) is 12.7 Å². The SMILES string of the molecule is [CH2]c1nnn(CC(=O)NN)n1. The van der Waals surface area contributed by atoms with E-state index in [4.69, 9.17) is 5.84 Å².